The lowest BCUT2D eigenvalue weighted by Gasteiger charge is -2.63. The lowest BCUT2D eigenvalue weighted by molar-refractivity contribution is -0.388. The summed E-state index contributed by atoms with van der Waals surface area (Å²) >= 11 is 0. The Morgan fingerprint density at radius 1 is 0.655 bits per heavy atom. The molecule has 0 aromatic carbocycles. The van der Waals surface area contributed by atoms with Crippen molar-refractivity contribution < 1.29 is 139 Å². The van der Waals surface area contributed by atoms with Gasteiger partial charge in [-0.3, -0.25) is 18.5 Å². The minimum atomic E-state index is -5.24. The highest BCUT2D eigenvalue weighted by molar-refractivity contribution is 7.81. The highest BCUT2D eigenvalue weighted by Gasteiger charge is 2.76. The van der Waals surface area contributed by atoms with Gasteiger partial charge in [-0.15, -0.1) is 6.58 Å². The van der Waals surface area contributed by atoms with Gasteiger partial charge < -0.3 is 83.1 Å². The van der Waals surface area contributed by atoms with Crippen molar-refractivity contribution in [2.45, 2.75) is 241 Å². The number of allylic oxidation sites excluding steroid dienone is 3. The van der Waals surface area contributed by atoms with Gasteiger partial charge in [0.25, 0.3) is 0 Å². The Kier molecular flexibility index (Phi) is 20.2. The van der Waals surface area contributed by atoms with Crippen LogP contribution in [0.3, 0.4) is 0 Å². The Morgan fingerprint density at radius 3 is 1.82 bits per heavy atom. The summed E-state index contributed by atoms with van der Waals surface area (Å²) in [7, 11) is -14.5. The number of hydrogen-bond donors (Lipinski definition) is 10. The number of ether oxygens (including phenoxy) is 10. The molecule has 2 unspecified atom stereocenters. The Labute approximate surface area is 505 Å². The summed E-state index contributed by atoms with van der Waals surface area (Å²) in [5, 5.41) is 80.2. The van der Waals surface area contributed by atoms with Crippen LogP contribution >= 0.6 is 0 Å². The molecule has 8 fully saturated rings. The lowest BCUT2D eigenvalue weighted by Crippen LogP contribution is -2.67. The van der Waals surface area contributed by atoms with Crippen molar-refractivity contribution in [3.05, 3.63) is 23.8 Å². The molecule has 87 heavy (non-hydrogen) atoms. The first-order chi connectivity index (χ1) is 40.3. The normalized spacial score (nSPS) is 47.4. The minimum absolute atomic E-state index is 0.0171. The van der Waals surface area contributed by atoms with E-state index in [9.17, 15) is 74.9 Å². The Hall–Kier alpha value is -2.08. The molecule has 0 amide bonds. The molecule has 5 heterocycles. The molecule has 10 N–H and O–H groups in total. The average molecular weight is 1310 g/mol. The lowest BCUT2D eigenvalue weighted by atomic mass is 9.41. The first-order valence-corrected chi connectivity index (χ1v) is 33.4. The summed E-state index contributed by atoms with van der Waals surface area (Å²) in [5.74, 6) is 0.112. The molecule has 5 aliphatic heterocycles. The number of fused-ring (bicyclic) bond motifs is 4. The Bertz CT molecular complexity index is 2880. The number of aliphatic hydroxyl groups is 7. The van der Waals surface area contributed by atoms with E-state index in [1.54, 1.807) is 0 Å². The maximum Gasteiger partial charge on any atom is 0.397 e. The second kappa shape index (κ2) is 25.3. The average Bonchev–Trinajstić information content (AvgIpc) is 1.58. The summed E-state index contributed by atoms with van der Waals surface area (Å²) in [6, 6.07) is 0. The third kappa shape index (κ3) is 13.3. The standard InChI is InChI=1S/C54H86O30S3/c1-24(2)11-10-17-53(8)32-15-19-52(7)27-12-13-31-50(4,5)33(16-18-51(31,6)26(27)14-20-54(32,52)49(62)83-53)79-48-44(36(57)30(21-73-48)84-87(69,70)71)82-45-38(59)37(58)41(25(3)76-45)80-47-40(61)43(35(56)29(78-47)23-75-86(66,67)68)81-46-39(60)42(72-9)34(55)28(77-46)22-74-85(63,64)65/h14,25,27-48,55-61H,1,10-13,15-23H2,2-9H3,(H,63,64,65)(H,66,67,68)(H,69,70,71)/t25-,27?,28-,29-,30-,31?,32-,33+,34-,35-,36+,37-,38-,39-,40-,41-,42+,43+,44-,45+,46+,47+,48+,51-,52+,53+,54-/m1/s1. The predicted octanol–water partition coefficient (Wildman–Crippen LogP) is 0.0934. The minimum Gasteiger partial charge on any atom is -0.459 e. The molecule has 30 nitrogen and oxygen atoms in total. The van der Waals surface area contributed by atoms with Crippen molar-refractivity contribution in [3.8, 4) is 0 Å². The topological polar surface area (TPSA) is 442 Å². The summed E-state index contributed by atoms with van der Waals surface area (Å²) in [4.78, 5) is 14.4. The predicted molar refractivity (Wildman–Crippen MR) is 292 cm³/mol. The van der Waals surface area contributed by atoms with E-state index in [0.29, 0.717) is 19.3 Å². The molecule has 1 spiro atoms. The van der Waals surface area contributed by atoms with Gasteiger partial charge in [0.1, 0.15) is 91.1 Å². The Balaban J connectivity index is 0.909. The van der Waals surface area contributed by atoms with Crippen molar-refractivity contribution >= 4 is 37.2 Å². The number of hydrogen-bond acceptors (Lipinski definition) is 27. The van der Waals surface area contributed by atoms with Crippen molar-refractivity contribution in [3.63, 3.8) is 0 Å². The zero-order valence-corrected chi connectivity index (χ0v) is 52.1. The van der Waals surface area contributed by atoms with Gasteiger partial charge in [0.05, 0.1) is 37.4 Å². The van der Waals surface area contributed by atoms with Crippen molar-refractivity contribution in [2.24, 2.45) is 39.4 Å². The molecule has 9 rings (SSSR count). The largest absolute Gasteiger partial charge is 0.459 e. The maximum absolute atomic E-state index is 14.4. The molecule has 0 aromatic rings. The second-order valence-corrected chi connectivity index (χ2v) is 29.6. The molecule has 5 saturated heterocycles. The maximum atomic E-state index is 14.4. The molecule has 33 heteroatoms. The monoisotopic (exact) mass is 1310 g/mol. The van der Waals surface area contributed by atoms with Crippen molar-refractivity contribution in [2.75, 3.05) is 26.9 Å². The van der Waals surface area contributed by atoms with Gasteiger partial charge in [-0.25, -0.2) is 12.5 Å². The van der Waals surface area contributed by atoms with Gasteiger partial charge in [-0.05, 0) is 113 Å². The van der Waals surface area contributed by atoms with Gasteiger partial charge in [-0.2, -0.15) is 25.3 Å². The van der Waals surface area contributed by atoms with E-state index in [2.05, 4.69) is 55.6 Å². The van der Waals surface area contributed by atoms with Gasteiger partial charge >= 0.3 is 37.2 Å². The third-order valence-corrected chi connectivity index (χ3v) is 22.2. The van der Waals surface area contributed by atoms with Crippen LogP contribution in [0.1, 0.15) is 113 Å². The molecule has 3 saturated carbocycles. The Morgan fingerprint density at radius 2 is 1.23 bits per heavy atom. The number of esters is 1. The van der Waals surface area contributed by atoms with Crippen molar-refractivity contribution in [1.29, 1.82) is 0 Å². The van der Waals surface area contributed by atoms with Crippen LogP contribution in [-0.4, -0.2) is 236 Å². The zero-order valence-electron chi connectivity index (χ0n) is 49.6. The summed E-state index contributed by atoms with van der Waals surface area (Å²) < 4.78 is 171. The van der Waals surface area contributed by atoms with Crippen LogP contribution in [0.4, 0.5) is 0 Å². The molecule has 27 atom stereocenters. The number of carbonyl (C=O) groups is 1. The summed E-state index contributed by atoms with van der Waals surface area (Å²) in [6.45, 7) is 15.3. The number of carbonyl (C=O) groups excluding carboxylic acids is 1. The molecule has 0 radical (unpaired) electrons. The molecular weight excluding hydrogens is 1220 g/mol. The number of rotatable bonds is 21. The molecule has 0 aromatic heterocycles. The van der Waals surface area contributed by atoms with E-state index < -0.39 is 190 Å². The smallest absolute Gasteiger partial charge is 0.397 e. The van der Waals surface area contributed by atoms with E-state index in [0.717, 1.165) is 57.6 Å². The van der Waals surface area contributed by atoms with Crippen LogP contribution in [0.15, 0.2) is 23.8 Å². The fourth-order valence-electron chi connectivity index (χ4n) is 16.5. The zero-order chi connectivity index (χ0) is 64.1. The van der Waals surface area contributed by atoms with E-state index in [1.165, 1.54) is 12.5 Å². The van der Waals surface area contributed by atoms with Crippen LogP contribution in [0.2, 0.25) is 0 Å². The number of methoxy groups -OCH3 is 1. The SMILES string of the molecule is C=C(C)CCC[C@]1(C)OC(=O)[C@]23CC=C4C(CCC5C(C)(C)[C@@H](O[C@@H]6OC[C@@H](OS(=O)(=O)O)[C@H](O)[C@H]6O[C@@H]6O[C@H](C)[C@@H](O[C@@H]7O[C@H](COS(=O)(=O)O)[C@@H](O)[C@H](O[C@@H]8O[C@H](COS(=O)(=O)O)[C@@H](O)[C@H](OC)[C@H]8O)[C@H]7O)[C@H](O)[C@H]6O)CC[C@]45C)[C@]2(C)CC[C@@H]31. The number of cyclic esters (lactones) is 1. The van der Waals surface area contributed by atoms with Crippen LogP contribution < -0.4 is 0 Å². The van der Waals surface area contributed by atoms with Crippen LogP contribution in [0, 0.1) is 39.4 Å². The van der Waals surface area contributed by atoms with Gasteiger partial charge in [0.2, 0.25) is 0 Å². The van der Waals surface area contributed by atoms with Crippen LogP contribution in [-0.2, 0) is 95.9 Å². The van der Waals surface area contributed by atoms with Gasteiger partial charge in [0.15, 0.2) is 25.2 Å². The quantitative estimate of drug-likeness (QED) is 0.0315. The van der Waals surface area contributed by atoms with E-state index in [-0.39, 0.29) is 34.6 Å². The molecule has 500 valence electrons. The van der Waals surface area contributed by atoms with E-state index in [4.69, 9.17) is 56.1 Å². The van der Waals surface area contributed by atoms with Crippen LogP contribution in [0.25, 0.3) is 0 Å². The van der Waals surface area contributed by atoms with Crippen molar-refractivity contribution in [1.82, 2.24) is 0 Å². The van der Waals surface area contributed by atoms with E-state index in [1.807, 2.05) is 6.92 Å². The van der Waals surface area contributed by atoms with E-state index >= 15 is 0 Å². The molecule has 9 aliphatic rings. The summed E-state index contributed by atoms with van der Waals surface area (Å²) in [6.07, 6.45) is -27.1. The molecule has 0 bridgehead atoms. The van der Waals surface area contributed by atoms with Gasteiger partial charge in [0, 0.05) is 13.0 Å². The second-order valence-electron chi connectivity index (χ2n) is 26.4. The molecule has 4 aliphatic carbocycles. The first-order valence-electron chi connectivity index (χ1n) is 29.3. The van der Waals surface area contributed by atoms with Crippen LogP contribution in [0.5, 0.6) is 0 Å². The first kappa shape index (κ1) is 69.3. The van der Waals surface area contributed by atoms with Gasteiger partial charge in [-0.1, -0.05) is 44.9 Å². The summed E-state index contributed by atoms with van der Waals surface area (Å²) in [5.41, 5.74) is -0.0877. The molecular formula is C54H86O30S3. The third-order valence-electron chi connectivity index (χ3n) is 20.8. The highest BCUT2D eigenvalue weighted by Crippen LogP contribution is 2.76. The number of aliphatic hydroxyl groups excluding tert-OH is 7. The fourth-order valence-corrected chi connectivity index (χ4v) is 17.6. The highest BCUT2D eigenvalue weighted by atomic mass is 32.3. The fraction of sp³-hybridized carbons (Fsp3) is 0.907.